The largest absolute Gasteiger partial charge is 0.427 e. The van der Waals surface area contributed by atoms with Gasteiger partial charge in [0, 0.05) is 18.2 Å². The molecule has 148 valence electrons. The van der Waals surface area contributed by atoms with Crippen molar-refractivity contribution in [1.82, 2.24) is 0 Å². The van der Waals surface area contributed by atoms with E-state index in [9.17, 15) is 4.79 Å². The van der Waals surface area contributed by atoms with E-state index < -0.39 is 0 Å². The molecule has 2 aromatic rings. The van der Waals surface area contributed by atoms with E-state index >= 15 is 0 Å². The lowest BCUT2D eigenvalue weighted by molar-refractivity contribution is -0.151. The number of benzene rings is 2. The zero-order chi connectivity index (χ0) is 19.9. The molecule has 0 saturated carbocycles. The number of hydrogen-bond donors (Lipinski definition) is 1. The van der Waals surface area contributed by atoms with Crippen LogP contribution in [0.2, 0.25) is 0 Å². The summed E-state index contributed by atoms with van der Waals surface area (Å²) in [5.41, 5.74) is 4.54. The Bertz CT molecular complexity index is 886. The minimum absolute atomic E-state index is 0.0647. The molecular formula is C23H27NO4. The number of carbonyl (C=O) groups excluding carboxylic acids is 1. The average molecular weight is 381 g/mol. The second-order valence-electron chi connectivity index (χ2n) is 8.47. The average Bonchev–Trinajstić information content (AvgIpc) is 2.66. The summed E-state index contributed by atoms with van der Waals surface area (Å²) in [6.45, 7) is 9.19. The van der Waals surface area contributed by atoms with Crippen molar-refractivity contribution < 1.29 is 19.0 Å². The van der Waals surface area contributed by atoms with E-state index in [1.807, 2.05) is 18.2 Å². The Labute approximate surface area is 166 Å². The third-order valence-corrected chi connectivity index (χ3v) is 5.33. The van der Waals surface area contributed by atoms with E-state index in [1.54, 1.807) is 6.07 Å². The minimum Gasteiger partial charge on any atom is -0.427 e. The number of nitrogens with one attached hydrogen (secondary N) is 1. The van der Waals surface area contributed by atoms with Gasteiger partial charge in [0.1, 0.15) is 18.0 Å². The molecule has 1 N–H and O–H groups in total. The van der Waals surface area contributed by atoms with Gasteiger partial charge in [0.05, 0.1) is 19.3 Å². The number of ether oxygens (including phenoxy) is 3. The molecule has 0 radical (unpaired) electrons. The number of anilines is 1. The van der Waals surface area contributed by atoms with E-state index in [2.05, 4.69) is 44.3 Å². The van der Waals surface area contributed by atoms with Gasteiger partial charge >= 0.3 is 5.97 Å². The van der Waals surface area contributed by atoms with Crippen LogP contribution in [0.1, 0.15) is 56.5 Å². The molecular weight excluding hydrogens is 354 g/mol. The first-order valence-electron chi connectivity index (χ1n) is 9.75. The van der Waals surface area contributed by atoms with Gasteiger partial charge in [-0.15, -0.1) is 0 Å². The smallest absolute Gasteiger partial charge is 0.308 e. The Kier molecular flexibility index (Phi) is 4.89. The molecule has 0 aliphatic carbocycles. The van der Waals surface area contributed by atoms with Crippen molar-refractivity contribution in [2.24, 2.45) is 0 Å². The van der Waals surface area contributed by atoms with E-state index in [-0.39, 0.29) is 29.6 Å². The number of hydrogen-bond acceptors (Lipinski definition) is 5. The van der Waals surface area contributed by atoms with Gasteiger partial charge in [-0.3, -0.25) is 4.79 Å². The van der Waals surface area contributed by atoms with Gasteiger partial charge in [0.25, 0.3) is 0 Å². The Morgan fingerprint density at radius 2 is 1.89 bits per heavy atom. The topological polar surface area (TPSA) is 56.8 Å². The summed E-state index contributed by atoms with van der Waals surface area (Å²) >= 11 is 0. The lowest BCUT2D eigenvalue weighted by Crippen LogP contribution is -2.43. The Hall–Kier alpha value is -2.37. The predicted octanol–water partition coefficient (Wildman–Crippen LogP) is 4.53. The van der Waals surface area contributed by atoms with Crippen molar-refractivity contribution in [3.05, 3.63) is 59.2 Å². The molecule has 5 heteroatoms. The minimum atomic E-state index is -0.330. The normalized spacial score (nSPS) is 23.9. The Morgan fingerprint density at radius 1 is 1.11 bits per heavy atom. The molecule has 5 nitrogen and oxygen atoms in total. The second-order valence-corrected chi connectivity index (χ2v) is 8.47. The van der Waals surface area contributed by atoms with Crippen LogP contribution in [0.25, 0.3) is 0 Å². The van der Waals surface area contributed by atoms with Crippen LogP contribution in [0.15, 0.2) is 42.5 Å². The quantitative estimate of drug-likeness (QED) is 0.612. The van der Waals surface area contributed by atoms with Gasteiger partial charge in [-0.25, -0.2) is 0 Å². The SMILES string of the molecule is CC(=O)Oc1cccc([C@@H]2Nc3ccc(C(C)(C)C)cc3[C@H]3OCCO[C@H]32)c1. The van der Waals surface area contributed by atoms with Crippen LogP contribution in [0.4, 0.5) is 5.69 Å². The molecule has 0 bridgehead atoms. The molecule has 0 amide bonds. The molecule has 4 rings (SSSR count). The third-order valence-electron chi connectivity index (χ3n) is 5.33. The summed E-state index contributed by atoms with van der Waals surface area (Å²) in [4.78, 5) is 11.3. The van der Waals surface area contributed by atoms with Crippen molar-refractivity contribution in [3.63, 3.8) is 0 Å². The van der Waals surface area contributed by atoms with Crippen LogP contribution < -0.4 is 10.1 Å². The maximum Gasteiger partial charge on any atom is 0.308 e. The molecule has 0 unspecified atom stereocenters. The van der Waals surface area contributed by atoms with Crippen molar-refractivity contribution >= 4 is 11.7 Å². The first-order chi connectivity index (χ1) is 13.3. The number of carbonyl (C=O) groups is 1. The lowest BCUT2D eigenvalue weighted by Gasteiger charge is -2.43. The molecule has 1 saturated heterocycles. The highest BCUT2D eigenvalue weighted by atomic mass is 16.6. The van der Waals surface area contributed by atoms with Crippen molar-refractivity contribution in [3.8, 4) is 5.75 Å². The third kappa shape index (κ3) is 3.64. The number of esters is 1. The van der Waals surface area contributed by atoms with Crippen LogP contribution >= 0.6 is 0 Å². The highest BCUT2D eigenvalue weighted by Crippen LogP contribution is 2.45. The summed E-state index contributed by atoms with van der Waals surface area (Å²) in [6.07, 6.45) is -0.279. The standard InChI is InChI=1S/C23H27NO4/c1-14(25)28-17-7-5-6-15(12-17)20-22-21(26-10-11-27-22)18-13-16(23(2,3)4)8-9-19(18)24-20/h5-9,12-13,20-22,24H,10-11H2,1-4H3/t20-,21+,22-/m0/s1. The number of rotatable bonds is 2. The van der Waals surface area contributed by atoms with E-state index in [1.165, 1.54) is 12.5 Å². The van der Waals surface area contributed by atoms with E-state index in [0.29, 0.717) is 19.0 Å². The van der Waals surface area contributed by atoms with Crippen molar-refractivity contribution in [2.45, 2.75) is 51.4 Å². The van der Waals surface area contributed by atoms with Crippen LogP contribution in [-0.2, 0) is 19.7 Å². The molecule has 3 atom stereocenters. The maximum atomic E-state index is 11.3. The first kappa shape index (κ1) is 19.0. The molecule has 0 spiro atoms. The van der Waals surface area contributed by atoms with Gasteiger partial charge in [-0.2, -0.15) is 0 Å². The Balaban J connectivity index is 1.73. The highest BCUT2D eigenvalue weighted by Gasteiger charge is 2.41. The lowest BCUT2D eigenvalue weighted by atomic mass is 9.82. The monoisotopic (exact) mass is 381 g/mol. The highest BCUT2D eigenvalue weighted by molar-refractivity contribution is 5.69. The van der Waals surface area contributed by atoms with Crippen LogP contribution in [-0.4, -0.2) is 25.3 Å². The fraction of sp³-hybridized carbons (Fsp3) is 0.435. The number of fused-ring (bicyclic) bond motifs is 3. The molecule has 28 heavy (non-hydrogen) atoms. The van der Waals surface area contributed by atoms with Crippen LogP contribution in [0, 0.1) is 0 Å². The Morgan fingerprint density at radius 3 is 2.64 bits per heavy atom. The summed E-state index contributed by atoms with van der Waals surface area (Å²) in [5.74, 6) is 0.206. The van der Waals surface area contributed by atoms with Gasteiger partial charge < -0.3 is 19.5 Å². The maximum absolute atomic E-state index is 11.3. The van der Waals surface area contributed by atoms with Crippen LogP contribution in [0.5, 0.6) is 5.75 Å². The first-order valence-corrected chi connectivity index (χ1v) is 9.75. The summed E-state index contributed by atoms with van der Waals surface area (Å²) in [7, 11) is 0. The molecule has 2 heterocycles. The fourth-order valence-corrected chi connectivity index (χ4v) is 3.94. The summed E-state index contributed by atoms with van der Waals surface area (Å²) in [5, 5.41) is 3.63. The molecule has 2 aromatic carbocycles. The summed E-state index contributed by atoms with van der Waals surface area (Å²) < 4.78 is 17.6. The van der Waals surface area contributed by atoms with Crippen LogP contribution in [0.3, 0.4) is 0 Å². The zero-order valence-electron chi connectivity index (χ0n) is 16.8. The van der Waals surface area contributed by atoms with E-state index in [4.69, 9.17) is 14.2 Å². The van der Waals surface area contributed by atoms with E-state index in [0.717, 1.165) is 16.8 Å². The summed E-state index contributed by atoms with van der Waals surface area (Å²) in [6, 6.07) is 14.0. The predicted molar refractivity (Wildman–Crippen MR) is 108 cm³/mol. The molecule has 0 aromatic heterocycles. The van der Waals surface area contributed by atoms with Gasteiger partial charge in [-0.05, 0) is 34.7 Å². The van der Waals surface area contributed by atoms with Crippen molar-refractivity contribution in [1.29, 1.82) is 0 Å². The van der Waals surface area contributed by atoms with Gasteiger partial charge in [0.15, 0.2) is 0 Å². The van der Waals surface area contributed by atoms with Crippen molar-refractivity contribution in [2.75, 3.05) is 18.5 Å². The van der Waals surface area contributed by atoms with Gasteiger partial charge in [0.2, 0.25) is 0 Å². The molecule has 2 aliphatic rings. The zero-order valence-corrected chi connectivity index (χ0v) is 16.8. The molecule has 1 fully saturated rings. The van der Waals surface area contributed by atoms with Gasteiger partial charge in [-0.1, -0.05) is 45.0 Å². The fourth-order valence-electron chi connectivity index (χ4n) is 3.94. The second kappa shape index (κ2) is 7.22. The molecule has 2 aliphatic heterocycles.